The van der Waals surface area contributed by atoms with Crippen LogP contribution < -0.4 is 9.46 Å². The summed E-state index contributed by atoms with van der Waals surface area (Å²) in [5.74, 6) is 0.413. The zero-order valence-corrected chi connectivity index (χ0v) is 19.7. The molecular weight excluding hydrogens is 488 g/mol. The summed E-state index contributed by atoms with van der Waals surface area (Å²) >= 11 is 0. The van der Waals surface area contributed by atoms with Crippen molar-refractivity contribution in [2.75, 3.05) is 13.2 Å². The van der Waals surface area contributed by atoms with Gasteiger partial charge < -0.3 is 14.2 Å². The Kier molecular flexibility index (Phi) is 5.92. The van der Waals surface area contributed by atoms with Crippen molar-refractivity contribution in [3.8, 4) is 17.4 Å². The first-order valence-electron chi connectivity index (χ1n) is 11.2. The molecule has 2 fully saturated rings. The Hall–Kier alpha value is -3.72. The van der Waals surface area contributed by atoms with Crippen molar-refractivity contribution < 1.29 is 22.6 Å². The minimum absolute atomic E-state index is 0.119. The number of nitrogens with one attached hydrogen (secondary N) is 1. The van der Waals surface area contributed by atoms with Crippen LogP contribution in [0.25, 0.3) is 5.69 Å². The molecule has 1 N–H and O–H groups in total. The van der Waals surface area contributed by atoms with E-state index in [1.54, 1.807) is 47.4 Å². The molecule has 4 aromatic rings. The van der Waals surface area contributed by atoms with E-state index in [0.29, 0.717) is 11.3 Å². The molecule has 2 aromatic heterocycles. The molecule has 0 aliphatic carbocycles. The molecule has 2 aromatic carbocycles. The highest BCUT2D eigenvalue weighted by atomic mass is 32.2. The van der Waals surface area contributed by atoms with E-state index in [1.807, 2.05) is 18.2 Å². The molecular formula is C22H22N8O5S. The maximum absolute atomic E-state index is 12.7. The summed E-state index contributed by atoms with van der Waals surface area (Å²) in [7, 11) is -3.59. The number of nitrogens with zero attached hydrogens (tertiary/aromatic N) is 7. The van der Waals surface area contributed by atoms with E-state index in [4.69, 9.17) is 14.2 Å². The largest absolute Gasteiger partial charge is 0.423 e. The predicted octanol–water partition coefficient (Wildman–Crippen LogP) is 0.873. The van der Waals surface area contributed by atoms with Gasteiger partial charge in [0.2, 0.25) is 10.0 Å². The van der Waals surface area contributed by atoms with Crippen LogP contribution in [-0.4, -0.2) is 74.9 Å². The summed E-state index contributed by atoms with van der Waals surface area (Å²) in [6.07, 6.45) is 2.15. The smallest absolute Gasteiger partial charge is 0.341 e. The second kappa shape index (κ2) is 9.39. The summed E-state index contributed by atoms with van der Waals surface area (Å²) in [4.78, 5) is 3.94. The van der Waals surface area contributed by atoms with Crippen LogP contribution in [0.5, 0.6) is 11.8 Å². The Labute approximate surface area is 206 Å². The molecule has 36 heavy (non-hydrogen) atoms. The van der Waals surface area contributed by atoms with Gasteiger partial charge in [-0.3, -0.25) is 0 Å². The number of hydrogen-bond donors (Lipinski definition) is 1. The third-order valence-electron chi connectivity index (χ3n) is 6.06. The molecule has 2 aliphatic heterocycles. The van der Waals surface area contributed by atoms with Crippen molar-refractivity contribution in [1.82, 2.24) is 39.7 Å². The van der Waals surface area contributed by atoms with Gasteiger partial charge in [0.25, 0.3) is 0 Å². The molecule has 4 atom stereocenters. The molecule has 0 radical (unpaired) electrons. The van der Waals surface area contributed by atoms with Crippen LogP contribution in [0.1, 0.15) is 11.6 Å². The molecule has 0 amide bonds. The van der Waals surface area contributed by atoms with Gasteiger partial charge in [0, 0.05) is 0 Å². The average molecular weight is 511 g/mol. The number of tetrazole rings is 1. The van der Waals surface area contributed by atoms with Gasteiger partial charge in [-0.05, 0) is 40.3 Å². The fourth-order valence-corrected chi connectivity index (χ4v) is 5.81. The molecule has 0 bridgehead atoms. The molecule has 4 heterocycles. The Balaban J connectivity index is 1.12. The van der Waals surface area contributed by atoms with E-state index < -0.39 is 28.3 Å². The predicted molar refractivity (Wildman–Crippen MR) is 124 cm³/mol. The first-order valence-corrected chi connectivity index (χ1v) is 12.9. The van der Waals surface area contributed by atoms with Crippen LogP contribution in [0.3, 0.4) is 0 Å². The van der Waals surface area contributed by atoms with Crippen molar-refractivity contribution in [3.63, 3.8) is 0 Å². The standard InChI is InChI=1S/C22H22N8O5S/c31-36(32,12-15-4-2-1-3-5-15)26-18-10-33-21-19(11-34-20(18)21)30-22(25-27-28-30)35-17-8-6-16(7-9-17)29-14-23-13-24-29/h1-9,13-14,18-21,26H,10-12H2. The van der Waals surface area contributed by atoms with Gasteiger partial charge in [-0.25, -0.2) is 22.8 Å². The van der Waals surface area contributed by atoms with Gasteiger partial charge in [0.05, 0.1) is 30.7 Å². The van der Waals surface area contributed by atoms with Crippen LogP contribution in [0.2, 0.25) is 0 Å². The molecule has 6 rings (SSSR count). The van der Waals surface area contributed by atoms with Gasteiger partial charge >= 0.3 is 6.01 Å². The molecule has 2 aliphatic rings. The van der Waals surface area contributed by atoms with Crippen molar-refractivity contribution >= 4 is 10.0 Å². The Bertz CT molecular complexity index is 1410. The van der Waals surface area contributed by atoms with Crippen LogP contribution in [-0.2, 0) is 25.2 Å². The number of sulfonamides is 1. The van der Waals surface area contributed by atoms with Crippen LogP contribution in [0.15, 0.2) is 67.3 Å². The minimum atomic E-state index is -3.59. The summed E-state index contributed by atoms with van der Waals surface area (Å²) in [5.41, 5.74) is 1.53. The van der Waals surface area contributed by atoms with Crippen molar-refractivity contribution in [2.24, 2.45) is 0 Å². The number of aromatic nitrogens is 7. The summed E-state index contributed by atoms with van der Waals surface area (Å²) in [6, 6.07) is 15.5. The Morgan fingerprint density at radius 3 is 2.61 bits per heavy atom. The first kappa shape index (κ1) is 22.7. The number of benzene rings is 2. The zero-order chi connectivity index (χ0) is 24.5. The van der Waals surface area contributed by atoms with Crippen molar-refractivity contribution in [3.05, 3.63) is 72.8 Å². The summed E-state index contributed by atoms with van der Waals surface area (Å²) < 4.78 is 49.1. The zero-order valence-electron chi connectivity index (χ0n) is 18.9. The average Bonchev–Trinajstić information content (AvgIpc) is 3.67. The lowest BCUT2D eigenvalue weighted by atomic mass is 10.1. The maximum Gasteiger partial charge on any atom is 0.341 e. The van der Waals surface area contributed by atoms with Crippen molar-refractivity contribution in [1.29, 1.82) is 0 Å². The van der Waals surface area contributed by atoms with E-state index in [9.17, 15) is 8.42 Å². The third kappa shape index (κ3) is 4.58. The van der Waals surface area contributed by atoms with E-state index in [0.717, 1.165) is 5.69 Å². The monoisotopic (exact) mass is 510 g/mol. The van der Waals surface area contributed by atoms with Gasteiger partial charge in [0.1, 0.15) is 36.7 Å². The van der Waals surface area contributed by atoms with E-state index in [-0.39, 0.29) is 31.0 Å². The second-order valence-corrected chi connectivity index (χ2v) is 10.2. The third-order valence-corrected chi connectivity index (χ3v) is 7.44. The highest BCUT2D eigenvalue weighted by Gasteiger charge is 2.50. The molecule has 186 valence electrons. The van der Waals surface area contributed by atoms with Gasteiger partial charge in [-0.2, -0.15) is 9.78 Å². The number of rotatable bonds is 8. The highest BCUT2D eigenvalue weighted by molar-refractivity contribution is 7.88. The van der Waals surface area contributed by atoms with Gasteiger partial charge in [-0.15, -0.1) is 0 Å². The molecule has 13 nitrogen and oxygen atoms in total. The van der Waals surface area contributed by atoms with E-state index >= 15 is 0 Å². The first-order chi connectivity index (χ1) is 17.6. The second-order valence-electron chi connectivity index (χ2n) is 8.47. The fraction of sp³-hybridized carbons (Fsp3) is 0.318. The van der Waals surface area contributed by atoms with Crippen molar-refractivity contribution in [2.45, 2.75) is 30.0 Å². The molecule has 0 saturated carbocycles. The topological polar surface area (TPSA) is 148 Å². The van der Waals surface area contributed by atoms with Gasteiger partial charge in [0.15, 0.2) is 0 Å². The molecule has 14 heteroatoms. The van der Waals surface area contributed by atoms with Crippen LogP contribution in [0.4, 0.5) is 0 Å². The highest BCUT2D eigenvalue weighted by Crippen LogP contribution is 2.36. The SMILES string of the molecule is O=S(=O)(Cc1ccccc1)NC1COC2C1OCC2n1nnnc1Oc1ccc(-n2cncn2)cc1. The van der Waals surface area contributed by atoms with Crippen LogP contribution >= 0.6 is 0 Å². The lowest BCUT2D eigenvalue weighted by Crippen LogP contribution is -2.44. The maximum atomic E-state index is 12.7. The van der Waals surface area contributed by atoms with Gasteiger partial charge in [-0.1, -0.05) is 35.4 Å². The number of ether oxygens (including phenoxy) is 3. The Morgan fingerprint density at radius 1 is 1.03 bits per heavy atom. The van der Waals surface area contributed by atoms with E-state index in [1.165, 1.54) is 11.0 Å². The lowest BCUT2D eigenvalue weighted by Gasteiger charge is -2.18. The normalized spacial score (nSPS) is 23.6. The quantitative estimate of drug-likeness (QED) is 0.362. The minimum Gasteiger partial charge on any atom is -0.423 e. The van der Waals surface area contributed by atoms with E-state index in [2.05, 4.69) is 30.3 Å². The lowest BCUT2D eigenvalue weighted by molar-refractivity contribution is 0.0615. The Morgan fingerprint density at radius 2 is 1.83 bits per heavy atom. The number of hydrogen-bond acceptors (Lipinski definition) is 10. The fourth-order valence-electron chi connectivity index (χ4n) is 4.43. The molecule has 0 spiro atoms. The molecule has 4 unspecified atom stereocenters. The number of fused-ring (bicyclic) bond motifs is 1. The molecule has 2 saturated heterocycles. The van der Waals surface area contributed by atoms with Crippen LogP contribution in [0, 0.1) is 0 Å². The summed E-state index contributed by atoms with van der Waals surface area (Å²) in [5, 5.41) is 15.9. The summed E-state index contributed by atoms with van der Waals surface area (Å²) in [6.45, 7) is 0.431.